The molecule has 0 aliphatic rings. The van der Waals surface area contributed by atoms with Gasteiger partial charge >= 0.3 is 18.1 Å². The molecular weight excluding hydrogens is 366 g/mol. The molecule has 28 heavy (non-hydrogen) atoms. The molecule has 0 spiro atoms. The predicted octanol–water partition coefficient (Wildman–Crippen LogP) is 3.12. The van der Waals surface area contributed by atoms with Gasteiger partial charge < -0.3 is 13.9 Å². The van der Waals surface area contributed by atoms with Crippen LogP contribution in [0.5, 0.6) is 11.5 Å². The van der Waals surface area contributed by atoms with E-state index < -0.39 is 23.0 Å². The molecule has 0 saturated heterocycles. The number of ether oxygens (including phenoxy) is 2. The number of rotatable bonds is 8. The van der Waals surface area contributed by atoms with Gasteiger partial charge in [0, 0.05) is 0 Å². The van der Waals surface area contributed by atoms with Crippen LogP contribution in [0, 0.1) is 10.1 Å². The lowest BCUT2D eigenvalue weighted by atomic mass is 10.3. The first-order valence-electron chi connectivity index (χ1n) is 8.12. The van der Waals surface area contributed by atoms with Crippen molar-refractivity contribution >= 4 is 18.0 Å². The number of hydrazone groups is 1. The third-order valence-corrected chi connectivity index (χ3v) is 3.35. The van der Waals surface area contributed by atoms with E-state index in [1.807, 2.05) is 12.1 Å². The van der Waals surface area contributed by atoms with Crippen LogP contribution in [0.2, 0.25) is 0 Å². The smallest absolute Gasteiger partial charge is 0.433 e. The van der Waals surface area contributed by atoms with Crippen molar-refractivity contribution in [3.63, 3.8) is 0 Å². The van der Waals surface area contributed by atoms with E-state index in [0.29, 0.717) is 11.5 Å². The maximum Gasteiger partial charge on any atom is 0.433 e. The van der Waals surface area contributed by atoms with E-state index >= 15 is 0 Å². The molecule has 0 bridgehead atoms. The van der Waals surface area contributed by atoms with Gasteiger partial charge in [-0.1, -0.05) is 36.4 Å². The van der Waals surface area contributed by atoms with Gasteiger partial charge in [0.2, 0.25) is 0 Å². The van der Waals surface area contributed by atoms with E-state index in [2.05, 4.69) is 10.5 Å². The van der Waals surface area contributed by atoms with E-state index in [-0.39, 0.29) is 5.76 Å². The van der Waals surface area contributed by atoms with Crippen molar-refractivity contribution in [3.8, 4) is 11.5 Å². The number of hydrogen-bond donors (Lipinski definition) is 1. The Bertz CT molecular complexity index is 915. The van der Waals surface area contributed by atoms with Crippen molar-refractivity contribution in [2.45, 2.75) is 6.29 Å². The highest BCUT2D eigenvalue weighted by molar-refractivity contribution is 5.82. The molecule has 1 amide bonds. The average Bonchev–Trinajstić information content (AvgIpc) is 3.18. The van der Waals surface area contributed by atoms with Gasteiger partial charge in [-0.15, -0.1) is 0 Å². The lowest BCUT2D eigenvalue weighted by Gasteiger charge is -2.18. The third kappa shape index (κ3) is 5.18. The third-order valence-electron chi connectivity index (χ3n) is 3.35. The van der Waals surface area contributed by atoms with Crippen LogP contribution in [0.15, 0.2) is 82.3 Å². The highest BCUT2D eigenvalue weighted by atomic mass is 16.7. The van der Waals surface area contributed by atoms with Crippen molar-refractivity contribution in [2.24, 2.45) is 5.10 Å². The Hall–Kier alpha value is -4.14. The largest absolute Gasteiger partial charge is 0.446 e. The molecule has 0 saturated carbocycles. The minimum Gasteiger partial charge on any atom is -0.446 e. The molecule has 3 aromatic rings. The minimum absolute atomic E-state index is 0.108. The summed E-state index contributed by atoms with van der Waals surface area (Å²) in [5, 5.41) is 14.3. The number of carbonyl (C=O) groups excluding carboxylic acids is 1. The number of hydrogen-bond acceptors (Lipinski definition) is 7. The Morgan fingerprint density at radius 2 is 1.57 bits per heavy atom. The monoisotopic (exact) mass is 381 g/mol. The zero-order valence-electron chi connectivity index (χ0n) is 14.4. The minimum atomic E-state index is -1.31. The fourth-order valence-corrected chi connectivity index (χ4v) is 2.10. The van der Waals surface area contributed by atoms with Crippen LogP contribution in [-0.2, 0) is 4.79 Å². The lowest BCUT2D eigenvalue weighted by molar-refractivity contribution is -0.402. The lowest BCUT2D eigenvalue weighted by Crippen LogP contribution is -2.40. The molecule has 0 aliphatic carbocycles. The Balaban J connectivity index is 1.68. The number of benzene rings is 2. The summed E-state index contributed by atoms with van der Waals surface area (Å²) in [6, 6.07) is 19.9. The highest BCUT2D eigenvalue weighted by Gasteiger charge is 2.22. The first kappa shape index (κ1) is 18.6. The Kier molecular flexibility index (Phi) is 5.99. The summed E-state index contributed by atoms with van der Waals surface area (Å²) in [4.78, 5) is 22.4. The predicted molar refractivity (Wildman–Crippen MR) is 99.0 cm³/mol. The van der Waals surface area contributed by atoms with Gasteiger partial charge in [-0.05, 0) is 30.3 Å². The van der Waals surface area contributed by atoms with Crippen molar-refractivity contribution in [2.75, 3.05) is 0 Å². The quantitative estimate of drug-likeness (QED) is 0.277. The first-order chi connectivity index (χ1) is 13.6. The molecule has 0 aliphatic heterocycles. The maximum atomic E-state index is 12.4. The standard InChI is InChI=1S/C19H15N3O6/c23-18(21-20-13-16-11-12-17(26-16)22(24)25)19(27-14-7-3-1-4-8-14)28-15-9-5-2-6-10-15/h1-13,19H,(H,21,23)/b20-13+. The van der Waals surface area contributed by atoms with Crippen LogP contribution >= 0.6 is 0 Å². The molecular formula is C19H15N3O6. The van der Waals surface area contributed by atoms with E-state index in [1.165, 1.54) is 12.1 Å². The summed E-state index contributed by atoms with van der Waals surface area (Å²) in [5.41, 5.74) is 2.26. The summed E-state index contributed by atoms with van der Waals surface area (Å²) in [6.45, 7) is 0. The second-order valence-electron chi connectivity index (χ2n) is 5.36. The van der Waals surface area contributed by atoms with E-state index in [1.54, 1.807) is 48.5 Å². The van der Waals surface area contributed by atoms with Gasteiger partial charge in [-0.2, -0.15) is 5.10 Å². The molecule has 1 heterocycles. The zero-order valence-corrected chi connectivity index (χ0v) is 14.4. The molecule has 9 nitrogen and oxygen atoms in total. The Morgan fingerprint density at radius 1 is 1.00 bits per heavy atom. The molecule has 0 atom stereocenters. The number of furan rings is 1. The van der Waals surface area contributed by atoms with E-state index in [9.17, 15) is 14.9 Å². The molecule has 0 unspecified atom stereocenters. The highest BCUT2D eigenvalue weighted by Crippen LogP contribution is 2.16. The molecule has 1 aromatic heterocycles. The van der Waals surface area contributed by atoms with Crippen LogP contribution in [-0.4, -0.2) is 23.3 Å². The summed E-state index contributed by atoms with van der Waals surface area (Å²) in [5.74, 6) is -0.125. The van der Waals surface area contributed by atoms with Gasteiger partial charge in [-0.25, -0.2) is 5.43 Å². The van der Waals surface area contributed by atoms with Gasteiger partial charge in [0.25, 0.3) is 0 Å². The fraction of sp³-hybridized carbons (Fsp3) is 0.0526. The van der Waals surface area contributed by atoms with Crippen molar-refractivity contribution < 1.29 is 23.6 Å². The first-order valence-corrected chi connectivity index (χ1v) is 8.12. The number of carbonyl (C=O) groups is 1. The van der Waals surface area contributed by atoms with Crippen LogP contribution in [0.4, 0.5) is 5.88 Å². The summed E-state index contributed by atoms with van der Waals surface area (Å²) in [6.07, 6.45) is -0.180. The van der Waals surface area contributed by atoms with Gasteiger partial charge in [-0.3, -0.25) is 14.9 Å². The van der Waals surface area contributed by atoms with E-state index in [0.717, 1.165) is 6.21 Å². The van der Waals surface area contributed by atoms with Crippen LogP contribution in [0.1, 0.15) is 5.76 Å². The molecule has 1 N–H and O–H groups in total. The van der Waals surface area contributed by atoms with Gasteiger partial charge in [0.05, 0.1) is 12.3 Å². The normalized spacial score (nSPS) is 10.8. The number of para-hydroxylation sites is 2. The Morgan fingerprint density at radius 3 is 2.07 bits per heavy atom. The van der Waals surface area contributed by atoms with E-state index in [4.69, 9.17) is 13.9 Å². The number of nitrogens with zero attached hydrogens (tertiary/aromatic N) is 2. The molecule has 142 valence electrons. The van der Waals surface area contributed by atoms with Gasteiger partial charge in [0.1, 0.15) is 16.4 Å². The molecule has 3 rings (SSSR count). The fourth-order valence-electron chi connectivity index (χ4n) is 2.10. The topological polar surface area (TPSA) is 116 Å². The van der Waals surface area contributed by atoms with Gasteiger partial charge in [0.15, 0.2) is 5.76 Å². The zero-order chi connectivity index (χ0) is 19.8. The Labute approximate surface area is 159 Å². The SMILES string of the molecule is O=C(N/N=C/c1ccc([N+](=O)[O-])o1)C(Oc1ccccc1)Oc1ccccc1. The average molecular weight is 381 g/mol. The molecule has 2 aromatic carbocycles. The summed E-state index contributed by atoms with van der Waals surface area (Å²) >= 11 is 0. The summed E-state index contributed by atoms with van der Waals surface area (Å²) < 4.78 is 16.1. The van der Waals surface area contributed by atoms with Crippen LogP contribution in [0.25, 0.3) is 0 Å². The number of amides is 1. The summed E-state index contributed by atoms with van der Waals surface area (Å²) in [7, 11) is 0. The molecule has 9 heteroatoms. The second-order valence-corrected chi connectivity index (χ2v) is 5.36. The maximum absolute atomic E-state index is 12.4. The van der Waals surface area contributed by atoms with Crippen LogP contribution in [0.3, 0.4) is 0 Å². The molecule has 0 fully saturated rings. The second kappa shape index (κ2) is 8.99. The van der Waals surface area contributed by atoms with Crippen molar-refractivity contribution in [1.82, 2.24) is 5.43 Å². The van der Waals surface area contributed by atoms with Crippen molar-refractivity contribution in [1.29, 1.82) is 0 Å². The van der Waals surface area contributed by atoms with Crippen molar-refractivity contribution in [3.05, 3.63) is 88.7 Å². The van der Waals surface area contributed by atoms with Crippen LogP contribution < -0.4 is 14.9 Å². The molecule has 0 radical (unpaired) electrons. The number of nitro groups is 1. The number of nitrogens with one attached hydrogen (secondary N) is 1.